The number of halogens is 1. The first-order valence-corrected chi connectivity index (χ1v) is 3.76. The number of rotatable bonds is 1. The molecule has 3 heteroatoms. The lowest BCUT2D eigenvalue weighted by atomic mass is 10.3. The molecule has 0 atom stereocenters. The van der Waals surface area contributed by atoms with Crippen LogP contribution in [0.4, 0.5) is 0 Å². The van der Waals surface area contributed by atoms with E-state index in [2.05, 4.69) is 25.8 Å². The highest BCUT2D eigenvalue weighted by molar-refractivity contribution is 9.10. The van der Waals surface area contributed by atoms with Crippen LogP contribution in [0.25, 0.3) is 10.9 Å². The fourth-order valence-corrected chi connectivity index (χ4v) is 1.03. The molecule has 0 aliphatic rings. The molecule has 0 saturated heterocycles. The minimum Gasteiger partial charge on any atom is -0.263 e. The highest BCUT2D eigenvalue weighted by atomic mass is 79.9. The van der Waals surface area contributed by atoms with Crippen molar-refractivity contribution < 1.29 is 0 Å². The quantitative estimate of drug-likeness (QED) is 0.650. The normalized spacial score (nSPS) is 9.82. The van der Waals surface area contributed by atoms with Gasteiger partial charge in [0.25, 0.3) is 0 Å². The van der Waals surface area contributed by atoms with Gasteiger partial charge < -0.3 is 0 Å². The molecule has 0 aromatic carbocycles. The van der Waals surface area contributed by atoms with E-state index < -0.39 is 0 Å². The number of nitrogens with zero attached hydrogens (tertiary/aromatic N) is 2. The van der Waals surface area contributed by atoms with Gasteiger partial charge in [-0.2, -0.15) is 0 Å². The summed E-state index contributed by atoms with van der Waals surface area (Å²) in [6.45, 7) is 6.51. The van der Waals surface area contributed by atoms with Crippen molar-refractivity contribution in [1.29, 1.82) is 0 Å². The highest BCUT2D eigenvalue weighted by Crippen LogP contribution is 2.10. The maximum atomic E-state index is 6.51. The molecule has 0 aliphatic heterocycles. The summed E-state index contributed by atoms with van der Waals surface area (Å²) in [7, 11) is 0. The van der Waals surface area contributed by atoms with Gasteiger partial charge in [-0.05, 0) is 27.6 Å². The van der Waals surface area contributed by atoms with Gasteiger partial charge in [-0.1, -0.05) is 6.08 Å². The van der Waals surface area contributed by atoms with Crippen LogP contribution < -0.4 is 0 Å². The van der Waals surface area contributed by atoms with Crippen molar-refractivity contribution in [2.24, 2.45) is 0 Å². The summed E-state index contributed by atoms with van der Waals surface area (Å²) >= 11 is 3.28. The predicted octanol–water partition coefficient (Wildman–Crippen LogP) is 2.73. The monoisotopic (exact) mass is 208 g/mol. The van der Waals surface area contributed by atoms with Crippen molar-refractivity contribution in [3.05, 3.63) is 46.1 Å². The molecule has 0 bridgehead atoms. The van der Waals surface area contributed by atoms with E-state index in [1.54, 1.807) is 18.5 Å². The van der Waals surface area contributed by atoms with Crippen molar-refractivity contribution in [3.63, 3.8) is 0 Å². The van der Waals surface area contributed by atoms with Crippen LogP contribution in [0.1, 0.15) is 5.56 Å². The Kier molecular flexibility index (Phi) is 2.82. The summed E-state index contributed by atoms with van der Waals surface area (Å²) in [5.41, 5.74) is 0.926. The van der Waals surface area contributed by atoms with E-state index in [9.17, 15) is 0 Å². The molecule has 54 valence electrons. The summed E-state index contributed by atoms with van der Waals surface area (Å²) in [5, 5.41) is 0. The standard InChI is InChI=1S/C8H5BrN2/c1-10-3-2-7-4-8(9)6-11-5-7/h2-6H/b3-2+. The summed E-state index contributed by atoms with van der Waals surface area (Å²) in [4.78, 5) is 7.02. The van der Waals surface area contributed by atoms with E-state index in [0.29, 0.717) is 0 Å². The van der Waals surface area contributed by atoms with Gasteiger partial charge in [-0.25, -0.2) is 4.85 Å². The van der Waals surface area contributed by atoms with Gasteiger partial charge >= 0.3 is 0 Å². The van der Waals surface area contributed by atoms with Gasteiger partial charge in [0, 0.05) is 16.9 Å². The average Bonchev–Trinajstić information content (AvgIpc) is 2.01. The van der Waals surface area contributed by atoms with Gasteiger partial charge in [0.2, 0.25) is 0 Å². The van der Waals surface area contributed by atoms with Crippen LogP contribution in [0.2, 0.25) is 0 Å². The van der Waals surface area contributed by atoms with Crippen LogP contribution in [0, 0.1) is 6.57 Å². The molecule has 0 unspecified atom stereocenters. The van der Waals surface area contributed by atoms with E-state index >= 15 is 0 Å². The van der Waals surface area contributed by atoms with Crippen molar-refractivity contribution >= 4 is 22.0 Å². The Labute approximate surface area is 73.5 Å². The van der Waals surface area contributed by atoms with E-state index in [1.165, 1.54) is 6.20 Å². The molecular weight excluding hydrogens is 204 g/mol. The molecule has 0 N–H and O–H groups in total. The number of hydrogen-bond donors (Lipinski definition) is 0. The maximum absolute atomic E-state index is 6.51. The van der Waals surface area contributed by atoms with Gasteiger partial charge in [-0.15, -0.1) is 0 Å². The molecule has 1 rings (SSSR count). The predicted molar refractivity (Wildman–Crippen MR) is 47.6 cm³/mol. The third-order valence-electron chi connectivity index (χ3n) is 1.07. The van der Waals surface area contributed by atoms with E-state index in [1.807, 2.05) is 6.07 Å². The molecule has 2 nitrogen and oxygen atoms in total. The number of aromatic nitrogens is 1. The minimum atomic E-state index is 0.921. The second-order valence-corrected chi connectivity index (χ2v) is 2.80. The number of hydrogen-bond acceptors (Lipinski definition) is 1. The third-order valence-corrected chi connectivity index (χ3v) is 1.50. The van der Waals surface area contributed by atoms with E-state index in [-0.39, 0.29) is 0 Å². The van der Waals surface area contributed by atoms with Crippen LogP contribution in [-0.4, -0.2) is 4.98 Å². The fraction of sp³-hybridized carbons (Fsp3) is 0. The van der Waals surface area contributed by atoms with Gasteiger partial charge in [0.15, 0.2) is 6.20 Å². The zero-order valence-electron chi connectivity index (χ0n) is 5.66. The summed E-state index contributed by atoms with van der Waals surface area (Å²) in [6.07, 6.45) is 6.52. The lowest BCUT2D eigenvalue weighted by Crippen LogP contribution is -1.74. The minimum absolute atomic E-state index is 0.921. The van der Waals surface area contributed by atoms with Crippen LogP contribution in [-0.2, 0) is 0 Å². The second-order valence-electron chi connectivity index (χ2n) is 1.88. The molecule has 1 aromatic rings. The first-order valence-electron chi connectivity index (χ1n) is 2.96. The zero-order chi connectivity index (χ0) is 8.10. The Morgan fingerprint density at radius 3 is 3.00 bits per heavy atom. The van der Waals surface area contributed by atoms with Gasteiger partial charge in [0.1, 0.15) is 0 Å². The Hall–Kier alpha value is -1.14. The van der Waals surface area contributed by atoms with E-state index in [4.69, 9.17) is 6.57 Å². The molecule has 11 heavy (non-hydrogen) atoms. The van der Waals surface area contributed by atoms with Crippen LogP contribution in [0.3, 0.4) is 0 Å². The van der Waals surface area contributed by atoms with Crippen molar-refractivity contribution in [3.8, 4) is 0 Å². The van der Waals surface area contributed by atoms with Crippen LogP contribution in [0.5, 0.6) is 0 Å². The molecule has 1 aromatic heterocycles. The fourth-order valence-electron chi connectivity index (χ4n) is 0.643. The maximum Gasteiger partial charge on any atom is 0.154 e. The third kappa shape index (κ3) is 2.52. The Morgan fingerprint density at radius 1 is 1.55 bits per heavy atom. The highest BCUT2D eigenvalue weighted by Gasteiger charge is 1.87. The molecule has 1 heterocycles. The van der Waals surface area contributed by atoms with E-state index in [0.717, 1.165) is 10.0 Å². The Morgan fingerprint density at radius 2 is 2.36 bits per heavy atom. The zero-order valence-corrected chi connectivity index (χ0v) is 7.25. The van der Waals surface area contributed by atoms with Crippen molar-refractivity contribution in [2.45, 2.75) is 0 Å². The largest absolute Gasteiger partial charge is 0.263 e. The molecule has 0 radical (unpaired) electrons. The summed E-state index contributed by atoms with van der Waals surface area (Å²) in [5.74, 6) is 0. The topological polar surface area (TPSA) is 17.2 Å². The second kappa shape index (κ2) is 3.89. The Balaban J connectivity index is 2.90. The number of pyridine rings is 1. The first-order chi connectivity index (χ1) is 5.33. The first kappa shape index (κ1) is 7.96. The van der Waals surface area contributed by atoms with Crippen molar-refractivity contribution in [2.75, 3.05) is 0 Å². The van der Waals surface area contributed by atoms with Crippen LogP contribution in [0.15, 0.2) is 29.1 Å². The molecule has 0 amide bonds. The smallest absolute Gasteiger partial charge is 0.154 e. The Bertz CT molecular complexity index is 312. The summed E-state index contributed by atoms with van der Waals surface area (Å²) in [6, 6.07) is 1.90. The SMILES string of the molecule is [C-]#[N+]/C=C/c1cncc(Br)c1. The van der Waals surface area contributed by atoms with Crippen molar-refractivity contribution in [1.82, 2.24) is 4.98 Å². The van der Waals surface area contributed by atoms with Crippen LogP contribution >= 0.6 is 15.9 Å². The molecule has 0 spiro atoms. The molecule has 0 saturated carbocycles. The molecule has 0 fully saturated rings. The lowest BCUT2D eigenvalue weighted by Gasteiger charge is -1.91. The lowest BCUT2D eigenvalue weighted by molar-refractivity contribution is 1.30. The summed E-state index contributed by atoms with van der Waals surface area (Å²) < 4.78 is 0.921. The molecular formula is C8H5BrN2. The molecule has 0 aliphatic carbocycles. The average molecular weight is 209 g/mol. The van der Waals surface area contributed by atoms with Gasteiger partial charge in [0.05, 0.1) is 6.57 Å². The van der Waals surface area contributed by atoms with Gasteiger partial charge in [-0.3, -0.25) is 4.98 Å².